The zero-order chi connectivity index (χ0) is 15.1. The van der Waals surface area contributed by atoms with Gasteiger partial charge in [0.2, 0.25) is 0 Å². The molecule has 0 aromatic rings. The smallest absolute Gasteiger partial charge is 0.287 e. The predicted molar refractivity (Wildman–Crippen MR) is 57.0 cm³/mol. The largest absolute Gasteiger partial charge is 0.477 e. The molecule has 0 aromatic carbocycles. The zero-order valence-electron chi connectivity index (χ0n) is 10.5. The molecule has 2 atom stereocenters. The Balaban J connectivity index is 4.69. The molecule has 4 nitrogen and oxygen atoms in total. The molecule has 0 amide bonds. The van der Waals surface area contributed by atoms with Gasteiger partial charge in [0, 0.05) is 0 Å². The monoisotopic (exact) mass is 314 g/mol. The number of unbranched alkanes of at least 4 members (excludes halogenated alkanes) is 1. The van der Waals surface area contributed by atoms with Gasteiger partial charge in [-0.1, -0.05) is 13.3 Å². The number of phosphoric ester groups is 1. The lowest BCUT2D eigenvalue weighted by Gasteiger charge is -2.23. The third-order valence-electron chi connectivity index (χ3n) is 1.85. The molecule has 19 heavy (non-hydrogen) atoms. The maximum atomic E-state index is 13.0. The summed E-state index contributed by atoms with van der Waals surface area (Å²) in [5, 5.41) is 0. The van der Waals surface area contributed by atoms with Crippen molar-refractivity contribution in [1.29, 1.82) is 0 Å². The van der Waals surface area contributed by atoms with Gasteiger partial charge in [0.25, 0.3) is 6.36 Å². The highest BCUT2D eigenvalue weighted by Gasteiger charge is 2.53. The topological polar surface area (TPSA) is 44.8 Å². The van der Waals surface area contributed by atoms with Gasteiger partial charge in [0.1, 0.15) is 0 Å². The van der Waals surface area contributed by atoms with E-state index in [4.69, 9.17) is 0 Å². The molecule has 116 valence electrons. The summed E-state index contributed by atoms with van der Waals surface area (Å²) >= 11 is 0. The Morgan fingerprint density at radius 1 is 1.16 bits per heavy atom. The van der Waals surface area contributed by atoms with Crippen molar-refractivity contribution in [3.05, 3.63) is 0 Å². The minimum absolute atomic E-state index is 0.194. The highest BCUT2D eigenvalue weighted by Crippen LogP contribution is 2.53. The van der Waals surface area contributed by atoms with Gasteiger partial charge < -0.3 is 0 Å². The van der Waals surface area contributed by atoms with Gasteiger partial charge in [0.05, 0.1) is 13.2 Å². The molecule has 0 aliphatic heterocycles. The molecule has 10 heteroatoms. The van der Waals surface area contributed by atoms with Gasteiger partial charge in [-0.05, 0) is 13.3 Å². The van der Waals surface area contributed by atoms with E-state index in [2.05, 4.69) is 13.6 Å². The van der Waals surface area contributed by atoms with Crippen molar-refractivity contribution in [2.45, 2.75) is 45.4 Å². The lowest BCUT2D eigenvalue weighted by atomic mass is 10.4. The minimum atomic E-state index is -5.10. The van der Waals surface area contributed by atoms with Crippen molar-refractivity contribution in [3.8, 4) is 0 Å². The summed E-state index contributed by atoms with van der Waals surface area (Å²) in [4.78, 5) is 0. The van der Waals surface area contributed by atoms with Gasteiger partial charge in [-0.25, -0.2) is 22.3 Å². The van der Waals surface area contributed by atoms with Crippen molar-refractivity contribution >= 4 is 7.82 Å². The first kappa shape index (κ1) is 18.8. The van der Waals surface area contributed by atoms with Crippen LogP contribution in [0.3, 0.4) is 0 Å². The van der Waals surface area contributed by atoms with E-state index in [1.165, 1.54) is 6.92 Å². The molecule has 0 radical (unpaired) electrons. The molecular weight excluding hydrogens is 298 g/mol. The predicted octanol–water partition coefficient (Wildman–Crippen LogP) is 4.16. The van der Waals surface area contributed by atoms with E-state index >= 15 is 0 Å². The van der Waals surface area contributed by atoms with Crippen molar-refractivity contribution < 1.29 is 40.1 Å². The minimum Gasteiger partial charge on any atom is -0.287 e. The van der Waals surface area contributed by atoms with Crippen molar-refractivity contribution in [2.24, 2.45) is 0 Å². The maximum absolute atomic E-state index is 13.0. The van der Waals surface area contributed by atoms with Gasteiger partial charge in [-0.3, -0.25) is 9.05 Å². The number of rotatable bonds is 10. The average molecular weight is 314 g/mol. The van der Waals surface area contributed by atoms with Crippen LogP contribution >= 0.6 is 7.82 Å². The number of hydrogen-bond donors (Lipinski definition) is 0. The highest BCUT2D eigenvalue weighted by atomic mass is 31.2. The number of phosphoric acid groups is 1. The summed E-state index contributed by atoms with van der Waals surface area (Å²) in [5.41, 5.74) is 0. The quantitative estimate of drug-likeness (QED) is 0.345. The molecule has 0 spiro atoms. The van der Waals surface area contributed by atoms with Gasteiger partial charge >= 0.3 is 20.2 Å². The van der Waals surface area contributed by atoms with Crippen LogP contribution in [0.1, 0.15) is 26.7 Å². The van der Waals surface area contributed by atoms with Crippen molar-refractivity contribution in [3.63, 3.8) is 0 Å². The standard InChI is InChI=1S/C9H16F5O4P/c1-3-5-6-17-19(15,16-4-2)18-8(12)9(13,14)7(10)11/h7-8H,3-6H2,1-2H3. The zero-order valence-corrected chi connectivity index (χ0v) is 11.3. The molecule has 0 saturated carbocycles. The highest BCUT2D eigenvalue weighted by molar-refractivity contribution is 7.48. The number of hydrogen-bond acceptors (Lipinski definition) is 4. The van der Waals surface area contributed by atoms with Crippen LogP contribution in [0.4, 0.5) is 22.0 Å². The fraction of sp³-hybridized carbons (Fsp3) is 1.00. The van der Waals surface area contributed by atoms with Crippen LogP contribution < -0.4 is 0 Å². The molecule has 0 saturated heterocycles. The van der Waals surface area contributed by atoms with Crippen molar-refractivity contribution in [1.82, 2.24) is 0 Å². The maximum Gasteiger partial charge on any atom is 0.477 e. The summed E-state index contributed by atoms with van der Waals surface area (Å²) < 4.78 is 86.4. The molecular formula is C9H16F5O4P. The van der Waals surface area contributed by atoms with Gasteiger partial charge in [-0.2, -0.15) is 8.78 Å². The van der Waals surface area contributed by atoms with E-state index < -0.39 is 26.5 Å². The Labute approximate surface area is 107 Å². The van der Waals surface area contributed by atoms with E-state index in [0.29, 0.717) is 12.8 Å². The first-order chi connectivity index (χ1) is 8.69. The number of halogens is 5. The molecule has 0 N–H and O–H groups in total. The molecule has 0 rings (SSSR count). The SMILES string of the molecule is CCCCOP(=O)(OCC)OC(F)C(F)(F)C(F)F. The molecule has 0 aromatic heterocycles. The van der Waals surface area contributed by atoms with Crippen LogP contribution in [0.2, 0.25) is 0 Å². The molecule has 2 unspecified atom stereocenters. The van der Waals surface area contributed by atoms with E-state index in [1.54, 1.807) is 6.92 Å². The molecule has 0 aliphatic rings. The fourth-order valence-corrected chi connectivity index (χ4v) is 2.09. The second-order valence-electron chi connectivity index (χ2n) is 3.45. The Bertz CT molecular complexity index is 302. The summed E-state index contributed by atoms with van der Waals surface area (Å²) in [6.07, 6.45) is -7.07. The van der Waals surface area contributed by atoms with Crippen LogP contribution in [0, 0.1) is 0 Å². The van der Waals surface area contributed by atoms with Crippen molar-refractivity contribution in [2.75, 3.05) is 13.2 Å². The van der Waals surface area contributed by atoms with Crippen LogP contribution in [0.5, 0.6) is 0 Å². The van der Waals surface area contributed by atoms with E-state index in [9.17, 15) is 26.5 Å². The Hall–Kier alpha value is -0.240. The first-order valence-corrected chi connectivity index (χ1v) is 7.03. The summed E-state index contributed by atoms with van der Waals surface area (Å²) in [6, 6.07) is 0. The average Bonchev–Trinajstić information content (AvgIpc) is 2.29. The Morgan fingerprint density at radius 3 is 2.16 bits per heavy atom. The summed E-state index contributed by atoms with van der Waals surface area (Å²) in [6.45, 7) is 2.62. The van der Waals surface area contributed by atoms with Gasteiger partial charge in [0.15, 0.2) is 0 Å². The second kappa shape index (κ2) is 8.14. The Kier molecular flexibility index (Phi) is 8.03. The summed E-state index contributed by atoms with van der Waals surface area (Å²) in [5.74, 6) is -5.10. The normalized spacial score (nSPS) is 17.5. The number of alkyl halides is 5. The second-order valence-corrected chi connectivity index (χ2v) is 5.07. The third-order valence-corrected chi connectivity index (χ3v) is 3.37. The van der Waals surface area contributed by atoms with Gasteiger partial charge in [-0.15, -0.1) is 0 Å². The van der Waals surface area contributed by atoms with Crippen LogP contribution in [-0.2, 0) is 18.1 Å². The van der Waals surface area contributed by atoms with E-state index in [-0.39, 0.29) is 13.2 Å². The van der Waals surface area contributed by atoms with Crippen LogP contribution in [0.15, 0.2) is 0 Å². The van der Waals surface area contributed by atoms with E-state index in [1.807, 2.05) is 0 Å². The van der Waals surface area contributed by atoms with Crippen LogP contribution in [-0.4, -0.2) is 31.9 Å². The lowest BCUT2D eigenvalue weighted by Crippen LogP contribution is -2.39. The Morgan fingerprint density at radius 2 is 1.74 bits per heavy atom. The molecule has 0 bridgehead atoms. The summed E-state index contributed by atoms with van der Waals surface area (Å²) in [7, 11) is -4.63. The molecule has 0 aliphatic carbocycles. The lowest BCUT2D eigenvalue weighted by molar-refractivity contribution is -0.226. The fourth-order valence-electron chi connectivity index (χ4n) is 0.860. The van der Waals surface area contributed by atoms with Crippen LogP contribution in [0.25, 0.3) is 0 Å². The molecule has 0 fully saturated rings. The third kappa shape index (κ3) is 6.16. The molecule has 0 heterocycles. The first-order valence-electron chi connectivity index (χ1n) is 5.57. The van der Waals surface area contributed by atoms with E-state index in [0.717, 1.165) is 0 Å².